The molecule has 2 atom stereocenters. The Hall–Kier alpha value is -1.45. The van der Waals surface area contributed by atoms with Gasteiger partial charge in [0.05, 0.1) is 7.11 Å². The van der Waals surface area contributed by atoms with Crippen molar-refractivity contribution >= 4 is 17.5 Å². The summed E-state index contributed by atoms with van der Waals surface area (Å²) in [7, 11) is 1.27. The van der Waals surface area contributed by atoms with Crippen LogP contribution in [-0.4, -0.2) is 24.6 Å². The molecular formula is C13H18O4. The van der Waals surface area contributed by atoms with Crippen LogP contribution in [0.15, 0.2) is 12.7 Å². The number of hydrogen-bond acceptors (Lipinski definition) is 4. The van der Waals surface area contributed by atoms with Crippen molar-refractivity contribution in [1.82, 2.24) is 0 Å². The maximum atomic E-state index is 12.0. The summed E-state index contributed by atoms with van der Waals surface area (Å²) >= 11 is 0. The molecule has 1 aliphatic carbocycles. The van der Waals surface area contributed by atoms with Gasteiger partial charge >= 0.3 is 5.97 Å². The van der Waals surface area contributed by atoms with E-state index < -0.39 is 11.4 Å². The van der Waals surface area contributed by atoms with Crippen molar-refractivity contribution < 1.29 is 19.1 Å². The Morgan fingerprint density at radius 2 is 2.24 bits per heavy atom. The normalized spacial score (nSPS) is 27.9. The van der Waals surface area contributed by atoms with Crippen LogP contribution in [0.5, 0.6) is 0 Å². The average Bonchev–Trinajstić information content (AvgIpc) is 2.63. The second kappa shape index (κ2) is 5.25. The molecule has 1 saturated carbocycles. The monoisotopic (exact) mass is 238 g/mol. The molecule has 1 fully saturated rings. The molecule has 0 saturated heterocycles. The van der Waals surface area contributed by atoms with Gasteiger partial charge in [0.15, 0.2) is 5.78 Å². The van der Waals surface area contributed by atoms with Crippen molar-refractivity contribution in [1.29, 1.82) is 0 Å². The van der Waals surface area contributed by atoms with E-state index in [4.69, 9.17) is 4.74 Å². The second-order valence-electron chi connectivity index (χ2n) is 4.47. The van der Waals surface area contributed by atoms with Gasteiger partial charge in [0.1, 0.15) is 11.2 Å². The second-order valence-corrected chi connectivity index (χ2v) is 4.47. The first-order valence-electron chi connectivity index (χ1n) is 5.72. The highest BCUT2D eigenvalue weighted by atomic mass is 16.5. The van der Waals surface area contributed by atoms with Crippen molar-refractivity contribution in [2.75, 3.05) is 7.11 Å². The van der Waals surface area contributed by atoms with E-state index in [1.807, 2.05) is 0 Å². The molecule has 0 radical (unpaired) electrons. The minimum atomic E-state index is -1.18. The molecule has 0 aromatic heterocycles. The first-order chi connectivity index (χ1) is 7.98. The van der Waals surface area contributed by atoms with Crippen molar-refractivity contribution in [2.24, 2.45) is 11.3 Å². The van der Waals surface area contributed by atoms with Gasteiger partial charge in [0.25, 0.3) is 0 Å². The summed E-state index contributed by atoms with van der Waals surface area (Å²) in [5, 5.41) is 0. The lowest BCUT2D eigenvalue weighted by molar-refractivity contribution is -0.159. The molecule has 0 bridgehead atoms. The molecule has 2 unspecified atom stereocenters. The number of carbonyl (C=O) groups excluding carboxylic acids is 3. The van der Waals surface area contributed by atoms with Crippen LogP contribution in [0, 0.1) is 11.3 Å². The molecule has 94 valence electrons. The number of esters is 1. The maximum absolute atomic E-state index is 12.0. The molecule has 17 heavy (non-hydrogen) atoms. The van der Waals surface area contributed by atoms with E-state index in [1.54, 1.807) is 6.08 Å². The van der Waals surface area contributed by atoms with Gasteiger partial charge in [-0.3, -0.25) is 9.59 Å². The van der Waals surface area contributed by atoms with Crippen molar-refractivity contribution in [3.05, 3.63) is 12.7 Å². The molecule has 1 rings (SSSR count). The van der Waals surface area contributed by atoms with Gasteiger partial charge in [-0.15, -0.1) is 6.58 Å². The number of hydrogen-bond donors (Lipinski definition) is 0. The zero-order valence-corrected chi connectivity index (χ0v) is 10.3. The fraction of sp³-hybridized carbons (Fsp3) is 0.615. The van der Waals surface area contributed by atoms with Crippen LogP contribution in [0.2, 0.25) is 0 Å². The van der Waals surface area contributed by atoms with E-state index in [0.717, 1.165) is 0 Å². The predicted molar refractivity (Wildman–Crippen MR) is 62.3 cm³/mol. The summed E-state index contributed by atoms with van der Waals surface area (Å²) in [6.07, 6.45) is 3.02. The van der Waals surface area contributed by atoms with E-state index in [1.165, 1.54) is 14.0 Å². The van der Waals surface area contributed by atoms with Crippen LogP contribution >= 0.6 is 0 Å². The summed E-state index contributed by atoms with van der Waals surface area (Å²) in [5.41, 5.74) is -1.18. The molecule has 0 aromatic rings. The molecule has 0 heterocycles. The standard InChI is InChI=1S/C13H18O4/c1-4-10-5-6-11(15)13(10,12(16)17-3)8-7-9(2)14/h4,10H,1,5-8H2,2-3H3. The van der Waals surface area contributed by atoms with Crippen LogP contribution < -0.4 is 0 Å². The maximum Gasteiger partial charge on any atom is 0.319 e. The summed E-state index contributed by atoms with van der Waals surface area (Å²) in [6.45, 7) is 5.12. The van der Waals surface area contributed by atoms with E-state index in [2.05, 4.69) is 6.58 Å². The highest BCUT2D eigenvalue weighted by molar-refractivity contribution is 6.06. The van der Waals surface area contributed by atoms with Gasteiger partial charge in [0.2, 0.25) is 0 Å². The van der Waals surface area contributed by atoms with Gasteiger partial charge in [-0.2, -0.15) is 0 Å². The van der Waals surface area contributed by atoms with E-state index in [9.17, 15) is 14.4 Å². The Morgan fingerprint density at radius 3 is 2.71 bits per heavy atom. The Balaban J connectivity index is 3.06. The lowest BCUT2D eigenvalue weighted by Crippen LogP contribution is -2.41. The van der Waals surface area contributed by atoms with Crippen LogP contribution in [-0.2, 0) is 19.1 Å². The molecule has 0 amide bonds. The van der Waals surface area contributed by atoms with Gasteiger partial charge in [-0.1, -0.05) is 6.08 Å². The van der Waals surface area contributed by atoms with Crippen molar-refractivity contribution in [3.63, 3.8) is 0 Å². The number of allylic oxidation sites excluding steroid dienone is 1. The zero-order chi connectivity index (χ0) is 13.1. The smallest absolute Gasteiger partial charge is 0.319 e. The van der Waals surface area contributed by atoms with E-state index in [0.29, 0.717) is 12.8 Å². The summed E-state index contributed by atoms with van der Waals surface area (Å²) in [5.74, 6) is -0.917. The highest BCUT2D eigenvalue weighted by Crippen LogP contribution is 2.45. The van der Waals surface area contributed by atoms with Crippen LogP contribution in [0.25, 0.3) is 0 Å². The molecule has 4 heteroatoms. The van der Waals surface area contributed by atoms with Gasteiger partial charge in [-0.05, 0) is 19.8 Å². The van der Waals surface area contributed by atoms with Crippen molar-refractivity contribution in [2.45, 2.75) is 32.6 Å². The lowest BCUT2D eigenvalue weighted by Gasteiger charge is -2.29. The number of rotatable bonds is 5. The van der Waals surface area contributed by atoms with Gasteiger partial charge < -0.3 is 9.53 Å². The Morgan fingerprint density at radius 1 is 1.59 bits per heavy atom. The molecule has 0 spiro atoms. The van der Waals surface area contributed by atoms with E-state index in [-0.39, 0.29) is 30.3 Å². The number of Topliss-reactive ketones (excluding diaryl/α,β-unsaturated/α-hetero) is 2. The first kappa shape index (κ1) is 13.6. The average molecular weight is 238 g/mol. The largest absolute Gasteiger partial charge is 0.468 e. The quantitative estimate of drug-likeness (QED) is 0.415. The van der Waals surface area contributed by atoms with Gasteiger partial charge in [-0.25, -0.2) is 0 Å². The van der Waals surface area contributed by atoms with E-state index >= 15 is 0 Å². The zero-order valence-electron chi connectivity index (χ0n) is 10.3. The Labute approximate surface area is 101 Å². The van der Waals surface area contributed by atoms with Gasteiger partial charge in [0, 0.05) is 18.8 Å². The fourth-order valence-corrected chi connectivity index (χ4v) is 2.53. The third-order valence-corrected chi connectivity index (χ3v) is 3.52. The minimum Gasteiger partial charge on any atom is -0.468 e. The minimum absolute atomic E-state index is 0.0317. The molecule has 0 aliphatic heterocycles. The summed E-state index contributed by atoms with van der Waals surface area (Å²) in [6, 6.07) is 0. The fourth-order valence-electron chi connectivity index (χ4n) is 2.53. The molecular weight excluding hydrogens is 220 g/mol. The number of ether oxygens (including phenoxy) is 1. The SMILES string of the molecule is C=CC1CCC(=O)C1(CCC(C)=O)C(=O)OC. The Kier molecular flexibility index (Phi) is 4.21. The molecule has 0 N–H and O–H groups in total. The highest BCUT2D eigenvalue weighted by Gasteiger charge is 2.54. The summed E-state index contributed by atoms with van der Waals surface area (Å²) in [4.78, 5) is 35.0. The lowest BCUT2D eigenvalue weighted by atomic mass is 9.73. The Bertz CT molecular complexity index is 358. The molecule has 4 nitrogen and oxygen atoms in total. The van der Waals surface area contributed by atoms with Crippen LogP contribution in [0.1, 0.15) is 32.6 Å². The third-order valence-electron chi connectivity index (χ3n) is 3.52. The molecule has 0 aromatic carbocycles. The number of carbonyl (C=O) groups is 3. The van der Waals surface area contributed by atoms with Crippen LogP contribution in [0.3, 0.4) is 0 Å². The third kappa shape index (κ3) is 2.30. The molecule has 1 aliphatic rings. The first-order valence-corrected chi connectivity index (χ1v) is 5.72. The topological polar surface area (TPSA) is 60.4 Å². The summed E-state index contributed by atoms with van der Waals surface area (Å²) < 4.78 is 4.75. The van der Waals surface area contributed by atoms with Crippen LogP contribution in [0.4, 0.5) is 0 Å². The van der Waals surface area contributed by atoms with Crippen molar-refractivity contribution in [3.8, 4) is 0 Å². The predicted octanol–water partition coefficient (Wildman–Crippen LogP) is 1.68. The number of methoxy groups -OCH3 is 1. The number of ketones is 2.